The van der Waals surface area contributed by atoms with Gasteiger partial charge in [-0.25, -0.2) is 4.79 Å². The number of guanidine groups is 1. The molecular weight excluding hydrogens is 497 g/mol. The molecule has 0 saturated carbocycles. The molecule has 2 saturated heterocycles. The van der Waals surface area contributed by atoms with Crippen molar-refractivity contribution in [2.75, 3.05) is 65.6 Å². The number of rotatable bonds is 7. The first-order valence-corrected chi connectivity index (χ1v) is 11.2. The second kappa shape index (κ2) is 14.3. The highest BCUT2D eigenvalue weighted by Crippen LogP contribution is 2.21. The number of hydrogen-bond acceptors (Lipinski definition) is 5. The van der Waals surface area contributed by atoms with Crippen molar-refractivity contribution in [1.82, 2.24) is 20.4 Å². The van der Waals surface area contributed by atoms with E-state index >= 15 is 0 Å². The summed E-state index contributed by atoms with van der Waals surface area (Å²) in [6, 6.07) is 0. The van der Waals surface area contributed by atoms with Gasteiger partial charge in [0, 0.05) is 52.4 Å². The third-order valence-corrected chi connectivity index (χ3v) is 5.15. The fourth-order valence-electron chi connectivity index (χ4n) is 3.65. The van der Waals surface area contributed by atoms with Gasteiger partial charge in [-0.15, -0.1) is 24.0 Å². The fourth-order valence-corrected chi connectivity index (χ4v) is 3.65. The van der Waals surface area contributed by atoms with Crippen molar-refractivity contribution in [3.05, 3.63) is 0 Å². The lowest BCUT2D eigenvalue weighted by Gasteiger charge is -2.34. The van der Waals surface area contributed by atoms with Gasteiger partial charge in [0.05, 0.1) is 13.2 Å². The van der Waals surface area contributed by atoms with Crippen LogP contribution in [0, 0.1) is 5.92 Å². The second-order valence-corrected chi connectivity index (χ2v) is 8.86. The van der Waals surface area contributed by atoms with Crippen LogP contribution in [0.4, 0.5) is 4.79 Å². The molecule has 30 heavy (non-hydrogen) atoms. The van der Waals surface area contributed by atoms with E-state index in [1.165, 1.54) is 0 Å². The summed E-state index contributed by atoms with van der Waals surface area (Å²) in [4.78, 5) is 21.3. The number of carbonyl (C=O) groups is 1. The van der Waals surface area contributed by atoms with E-state index in [9.17, 15) is 4.79 Å². The zero-order chi connectivity index (χ0) is 21.1. The summed E-state index contributed by atoms with van der Waals surface area (Å²) in [5, 5.41) is 6.75. The molecular formula is C21H42IN5O3. The molecule has 2 N–H and O–H groups in total. The van der Waals surface area contributed by atoms with Gasteiger partial charge in [-0.3, -0.25) is 9.89 Å². The Morgan fingerprint density at radius 3 is 2.60 bits per heavy atom. The summed E-state index contributed by atoms with van der Waals surface area (Å²) in [5.41, 5.74) is -0.443. The number of nitrogens with zero attached hydrogens (tertiary/aromatic N) is 3. The van der Waals surface area contributed by atoms with Crippen LogP contribution in [0.3, 0.4) is 0 Å². The maximum Gasteiger partial charge on any atom is 0.410 e. The quantitative estimate of drug-likeness (QED) is 0.294. The molecule has 8 nitrogen and oxygen atoms in total. The van der Waals surface area contributed by atoms with Crippen molar-refractivity contribution in [1.29, 1.82) is 0 Å². The summed E-state index contributed by atoms with van der Waals surface area (Å²) < 4.78 is 10.9. The average Bonchev–Trinajstić information content (AvgIpc) is 2.68. The van der Waals surface area contributed by atoms with Crippen LogP contribution >= 0.6 is 24.0 Å². The van der Waals surface area contributed by atoms with Crippen molar-refractivity contribution in [2.24, 2.45) is 10.9 Å². The van der Waals surface area contributed by atoms with Crippen LogP contribution in [0.15, 0.2) is 4.99 Å². The summed E-state index contributed by atoms with van der Waals surface area (Å²) >= 11 is 0. The number of nitrogens with one attached hydrogen (secondary N) is 2. The lowest BCUT2D eigenvalue weighted by molar-refractivity contribution is 0.0163. The Morgan fingerprint density at radius 2 is 1.93 bits per heavy atom. The Hall–Kier alpha value is -0.810. The highest BCUT2D eigenvalue weighted by molar-refractivity contribution is 14.0. The number of morpholine rings is 1. The normalized spacial score (nSPS) is 21.0. The van der Waals surface area contributed by atoms with Crippen LogP contribution in [0.1, 0.15) is 47.0 Å². The number of aliphatic imine (C=N–C) groups is 1. The third-order valence-electron chi connectivity index (χ3n) is 5.15. The average molecular weight is 540 g/mol. The first-order valence-electron chi connectivity index (χ1n) is 11.2. The van der Waals surface area contributed by atoms with Crippen LogP contribution in [0.25, 0.3) is 0 Å². The Bertz CT molecular complexity index is 521. The minimum atomic E-state index is -0.443. The first kappa shape index (κ1) is 27.2. The number of likely N-dealkylation sites (tertiary alicyclic amines) is 1. The fraction of sp³-hybridized carbons (Fsp3) is 0.905. The Labute approximate surface area is 199 Å². The molecule has 2 fully saturated rings. The molecule has 2 rings (SSSR count). The molecule has 2 heterocycles. The van der Waals surface area contributed by atoms with E-state index in [4.69, 9.17) is 14.5 Å². The lowest BCUT2D eigenvalue weighted by Crippen LogP contribution is -2.44. The number of halogens is 1. The van der Waals surface area contributed by atoms with E-state index in [-0.39, 0.29) is 30.1 Å². The zero-order valence-electron chi connectivity index (χ0n) is 19.2. The molecule has 1 atom stereocenters. The highest BCUT2D eigenvalue weighted by Gasteiger charge is 2.27. The molecule has 0 bridgehead atoms. The van der Waals surface area contributed by atoms with Crippen LogP contribution in [-0.4, -0.2) is 93.0 Å². The van der Waals surface area contributed by atoms with Crippen molar-refractivity contribution in [3.8, 4) is 0 Å². The maximum atomic E-state index is 12.3. The minimum absolute atomic E-state index is 0. The molecule has 0 aromatic carbocycles. The summed E-state index contributed by atoms with van der Waals surface area (Å²) in [5.74, 6) is 1.36. The minimum Gasteiger partial charge on any atom is -0.444 e. The van der Waals surface area contributed by atoms with Gasteiger partial charge < -0.3 is 25.0 Å². The first-order chi connectivity index (χ1) is 13.9. The smallest absolute Gasteiger partial charge is 0.410 e. The Balaban J connectivity index is 0.00000450. The molecule has 0 radical (unpaired) electrons. The van der Waals surface area contributed by atoms with Gasteiger partial charge in [0.1, 0.15) is 5.60 Å². The number of carbonyl (C=O) groups excluding carboxylic acids is 1. The van der Waals surface area contributed by atoms with Gasteiger partial charge in [0.25, 0.3) is 0 Å². The van der Waals surface area contributed by atoms with E-state index in [1.807, 2.05) is 25.7 Å². The largest absolute Gasteiger partial charge is 0.444 e. The summed E-state index contributed by atoms with van der Waals surface area (Å²) in [6.45, 7) is 16.5. The SMILES string of the molecule is CCNC(=NCCC1CCCN(C(=O)OC(C)(C)C)C1)NCCN1CCOCC1.I. The highest BCUT2D eigenvalue weighted by atomic mass is 127. The Morgan fingerprint density at radius 1 is 1.20 bits per heavy atom. The van der Waals surface area contributed by atoms with E-state index < -0.39 is 5.60 Å². The molecule has 2 aliphatic rings. The van der Waals surface area contributed by atoms with Gasteiger partial charge in [-0.05, 0) is 52.9 Å². The summed E-state index contributed by atoms with van der Waals surface area (Å²) in [6.07, 6.45) is 2.98. The van der Waals surface area contributed by atoms with Crippen LogP contribution < -0.4 is 10.6 Å². The van der Waals surface area contributed by atoms with E-state index in [0.717, 1.165) is 90.8 Å². The van der Waals surface area contributed by atoms with Gasteiger partial charge in [0.2, 0.25) is 0 Å². The van der Waals surface area contributed by atoms with Gasteiger partial charge in [0.15, 0.2) is 5.96 Å². The number of hydrogen-bond donors (Lipinski definition) is 2. The number of ether oxygens (including phenoxy) is 2. The molecule has 0 aromatic rings. The van der Waals surface area contributed by atoms with Crippen LogP contribution in [-0.2, 0) is 9.47 Å². The number of piperidine rings is 1. The second-order valence-electron chi connectivity index (χ2n) is 8.86. The van der Waals surface area contributed by atoms with E-state index in [0.29, 0.717) is 5.92 Å². The molecule has 0 aliphatic carbocycles. The summed E-state index contributed by atoms with van der Waals surface area (Å²) in [7, 11) is 0. The van der Waals surface area contributed by atoms with Crippen molar-refractivity contribution < 1.29 is 14.3 Å². The van der Waals surface area contributed by atoms with Gasteiger partial charge in [-0.1, -0.05) is 0 Å². The molecule has 2 aliphatic heterocycles. The number of amides is 1. The third kappa shape index (κ3) is 11.0. The van der Waals surface area contributed by atoms with Gasteiger partial charge >= 0.3 is 6.09 Å². The predicted molar refractivity (Wildman–Crippen MR) is 132 cm³/mol. The monoisotopic (exact) mass is 539 g/mol. The van der Waals surface area contributed by atoms with Crippen LogP contribution in [0.2, 0.25) is 0 Å². The van der Waals surface area contributed by atoms with E-state index in [2.05, 4.69) is 22.5 Å². The molecule has 0 aromatic heterocycles. The van der Waals surface area contributed by atoms with E-state index in [1.54, 1.807) is 0 Å². The zero-order valence-corrected chi connectivity index (χ0v) is 21.6. The van der Waals surface area contributed by atoms with Crippen molar-refractivity contribution in [2.45, 2.75) is 52.6 Å². The Kier molecular flexibility index (Phi) is 13.0. The predicted octanol–water partition coefficient (Wildman–Crippen LogP) is 2.53. The maximum absolute atomic E-state index is 12.3. The van der Waals surface area contributed by atoms with Crippen molar-refractivity contribution >= 4 is 36.0 Å². The topological polar surface area (TPSA) is 78.4 Å². The lowest BCUT2D eigenvalue weighted by atomic mass is 9.95. The molecule has 0 spiro atoms. The molecule has 9 heteroatoms. The standard InChI is InChI=1S/C21H41N5O3.HI/c1-5-22-19(24-10-12-25-13-15-28-16-14-25)23-9-8-18-7-6-11-26(17-18)20(27)29-21(2,3)4;/h18H,5-17H2,1-4H3,(H2,22,23,24);1H. The van der Waals surface area contributed by atoms with Crippen molar-refractivity contribution in [3.63, 3.8) is 0 Å². The molecule has 176 valence electrons. The van der Waals surface area contributed by atoms with Crippen LogP contribution in [0.5, 0.6) is 0 Å². The molecule has 1 amide bonds. The van der Waals surface area contributed by atoms with Gasteiger partial charge in [-0.2, -0.15) is 0 Å². The molecule has 1 unspecified atom stereocenters.